The van der Waals surface area contributed by atoms with Gasteiger partial charge in [0.15, 0.2) is 0 Å². The van der Waals surface area contributed by atoms with Gasteiger partial charge >= 0.3 is 6.18 Å². The zero-order valence-corrected chi connectivity index (χ0v) is 11.0. The molecule has 0 bridgehead atoms. The van der Waals surface area contributed by atoms with Gasteiger partial charge in [-0.15, -0.1) is 0 Å². The Balaban J connectivity index is 2.15. The second-order valence-electron chi connectivity index (χ2n) is 4.92. The van der Waals surface area contributed by atoms with Gasteiger partial charge < -0.3 is 10.1 Å². The van der Waals surface area contributed by atoms with Gasteiger partial charge in [0.1, 0.15) is 17.4 Å². The van der Waals surface area contributed by atoms with E-state index in [1.54, 1.807) is 7.05 Å². The third-order valence-corrected chi connectivity index (χ3v) is 3.65. The first kappa shape index (κ1) is 14.7. The Morgan fingerprint density at radius 1 is 1.40 bits per heavy atom. The van der Waals surface area contributed by atoms with Crippen LogP contribution < -0.4 is 10.1 Å². The standard InChI is InChI=1S/C14H15F3N2O/c1-19-13(9-18)7-6-10(8-13)20-12-5-3-2-4-11(12)14(15,16)17/h2-5,10,19H,6-8H2,1H3. The molecule has 108 valence electrons. The van der Waals surface area contributed by atoms with Crippen molar-refractivity contribution in [2.24, 2.45) is 0 Å². The molecule has 6 heteroatoms. The van der Waals surface area contributed by atoms with Crippen LogP contribution in [0.2, 0.25) is 0 Å². The molecule has 2 unspecified atom stereocenters. The van der Waals surface area contributed by atoms with Gasteiger partial charge in [-0.3, -0.25) is 0 Å². The minimum Gasteiger partial charge on any atom is -0.490 e. The number of benzene rings is 1. The Labute approximate surface area is 115 Å². The van der Waals surface area contributed by atoms with Crippen LogP contribution in [0.3, 0.4) is 0 Å². The number of alkyl halides is 3. The van der Waals surface area contributed by atoms with Crippen molar-refractivity contribution in [3.05, 3.63) is 29.8 Å². The summed E-state index contributed by atoms with van der Waals surface area (Å²) in [7, 11) is 1.68. The van der Waals surface area contributed by atoms with Crippen molar-refractivity contribution in [3.8, 4) is 11.8 Å². The highest BCUT2D eigenvalue weighted by Gasteiger charge is 2.41. The quantitative estimate of drug-likeness (QED) is 0.927. The maximum absolute atomic E-state index is 12.9. The summed E-state index contributed by atoms with van der Waals surface area (Å²) in [4.78, 5) is 0. The second-order valence-corrected chi connectivity index (χ2v) is 4.92. The van der Waals surface area contributed by atoms with E-state index in [1.807, 2.05) is 0 Å². The molecule has 0 saturated heterocycles. The highest BCUT2D eigenvalue weighted by Crippen LogP contribution is 2.38. The van der Waals surface area contributed by atoms with Gasteiger partial charge in [0, 0.05) is 6.42 Å². The monoisotopic (exact) mass is 284 g/mol. The molecule has 0 aromatic heterocycles. The Kier molecular flexibility index (Phi) is 3.91. The van der Waals surface area contributed by atoms with Crippen molar-refractivity contribution >= 4 is 0 Å². The maximum atomic E-state index is 12.9. The fourth-order valence-electron chi connectivity index (χ4n) is 2.47. The summed E-state index contributed by atoms with van der Waals surface area (Å²) >= 11 is 0. The normalized spacial score (nSPS) is 26.2. The zero-order chi connectivity index (χ0) is 14.8. The fraction of sp³-hybridized carbons (Fsp3) is 0.500. The SMILES string of the molecule is CNC1(C#N)CCC(Oc2ccccc2C(F)(F)F)C1. The van der Waals surface area contributed by atoms with E-state index in [4.69, 9.17) is 10.00 Å². The van der Waals surface area contributed by atoms with E-state index in [1.165, 1.54) is 18.2 Å². The molecule has 2 rings (SSSR count). The lowest BCUT2D eigenvalue weighted by Gasteiger charge is -2.21. The van der Waals surface area contributed by atoms with Crippen LogP contribution in [0.1, 0.15) is 24.8 Å². The largest absolute Gasteiger partial charge is 0.490 e. The third-order valence-electron chi connectivity index (χ3n) is 3.65. The number of rotatable bonds is 3. The fourth-order valence-corrected chi connectivity index (χ4v) is 2.47. The molecule has 1 aliphatic rings. The molecular formula is C14H15F3N2O. The Bertz CT molecular complexity index is 524. The summed E-state index contributed by atoms with van der Waals surface area (Å²) in [6.45, 7) is 0. The second kappa shape index (κ2) is 5.33. The van der Waals surface area contributed by atoms with Crippen LogP contribution in [0, 0.1) is 11.3 Å². The average Bonchev–Trinajstić information content (AvgIpc) is 2.82. The van der Waals surface area contributed by atoms with Crippen molar-refractivity contribution < 1.29 is 17.9 Å². The minimum absolute atomic E-state index is 0.171. The minimum atomic E-state index is -4.44. The molecule has 20 heavy (non-hydrogen) atoms. The van der Waals surface area contributed by atoms with Crippen molar-refractivity contribution in [2.75, 3.05) is 7.05 Å². The van der Waals surface area contributed by atoms with Crippen LogP contribution in [0.5, 0.6) is 5.75 Å². The van der Waals surface area contributed by atoms with E-state index in [0.717, 1.165) is 6.07 Å². The molecule has 1 fully saturated rings. The molecule has 2 atom stereocenters. The Morgan fingerprint density at radius 2 is 2.10 bits per heavy atom. The molecule has 0 radical (unpaired) electrons. The van der Waals surface area contributed by atoms with Crippen molar-refractivity contribution in [1.82, 2.24) is 5.32 Å². The first-order valence-electron chi connectivity index (χ1n) is 6.33. The molecular weight excluding hydrogens is 269 g/mol. The number of para-hydroxylation sites is 1. The van der Waals surface area contributed by atoms with Crippen LogP contribution in [0.15, 0.2) is 24.3 Å². The number of nitriles is 1. The number of hydrogen-bond donors (Lipinski definition) is 1. The first-order chi connectivity index (χ1) is 9.40. The van der Waals surface area contributed by atoms with Crippen molar-refractivity contribution in [3.63, 3.8) is 0 Å². The van der Waals surface area contributed by atoms with Gasteiger partial charge in [-0.2, -0.15) is 18.4 Å². The predicted octanol–water partition coefficient (Wildman–Crippen LogP) is 3.12. The van der Waals surface area contributed by atoms with Crippen LogP contribution >= 0.6 is 0 Å². The van der Waals surface area contributed by atoms with Crippen molar-refractivity contribution in [2.45, 2.75) is 37.1 Å². The maximum Gasteiger partial charge on any atom is 0.419 e. The van der Waals surface area contributed by atoms with Gasteiger partial charge in [-0.25, -0.2) is 0 Å². The van der Waals surface area contributed by atoms with E-state index in [2.05, 4.69) is 11.4 Å². The molecule has 1 saturated carbocycles. The smallest absolute Gasteiger partial charge is 0.419 e. The van der Waals surface area contributed by atoms with Gasteiger partial charge in [0.05, 0.1) is 11.6 Å². The Morgan fingerprint density at radius 3 is 2.65 bits per heavy atom. The average molecular weight is 284 g/mol. The van der Waals surface area contributed by atoms with Crippen LogP contribution in [-0.4, -0.2) is 18.7 Å². The predicted molar refractivity (Wildman–Crippen MR) is 67.1 cm³/mol. The number of nitrogens with zero attached hydrogens (tertiary/aromatic N) is 1. The van der Waals surface area contributed by atoms with E-state index < -0.39 is 17.3 Å². The summed E-state index contributed by atoms with van der Waals surface area (Å²) in [5, 5.41) is 12.1. The summed E-state index contributed by atoms with van der Waals surface area (Å²) in [6.07, 6.45) is -3.32. The van der Waals surface area contributed by atoms with Crippen LogP contribution in [0.4, 0.5) is 13.2 Å². The van der Waals surface area contributed by atoms with Crippen molar-refractivity contribution in [1.29, 1.82) is 5.26 Å². The topological polar surface area (TPSA) is 45.0 Å². The zero-order valence-electron chi connectivity index (χ0n) is 11.0. The Hall–Kier alpha value is -1.74. The first-order valence-corrected chi connectivity index (χ1v) is 6.33. The lowest BCUT2D eigenvalue weighted by Crippen LogP contribution is -2.39. The molecule has 0 heterocycles. The highest BCUT2D eigenvalue weighted by atomic mass is 19.4. The van der Waals surface area contributed by atoms with Gasteiger partial charge in [-0.05, 0) is 32.0 Å². The molecule has 0 aliphatic heterocycles. The van der Waals surface area contributed by atoms with Gasteiger partial charge in [0.2, 0.25) is 0 Å². The van der Waals surface area contributed by atoms with Gasteiger partial charge in [0.25, 0.3) is 0 Å². The molecule has 1 aliphatic carbocycles. The number of nitrogens with one attached hydrogen (secondary N) is 1. The summed E-state index contributed by atoms with van der Waals surface area (Å²) < 4.78 is 44.1. The summed E-state index contributed by atoms with van der Waals surface area (Å²) in [5.41, 5.74) is -1.48. The molecule has 1 aromatic rings. The van der Waals surface area contributed by atoms with E-state index >= 15 is 0 Å². The van der Waals surface area contributed by atoms with Crippen LogP contribution in [-0.2, 0) is 6.18 Å². The molecule has 1 aromatic carbocycles. The molecule has 0 amide bonds. The number of halogens is 3. The lowest BCUT2D eigenvalue weighted by atomic mass is 10.0. The van der Waals surface area contributed by atoms with E-state index in [9.17, 15) is 13.2 Å². The number of hydrogen-bond acceptors (Lipinski definition) is 3. The third kappa shape index (κ3) is 2.88. The van der Waals surface area contributed by atoms with E-state index in [0.29, 0.717) is 19.3 Å². The highest BCUT2D eigenvalue weighted by molar-refractivity contribution is 5.36. The number of ether oxygens (including phenoxy) is 1. The molecule has 0 spiro atoms. The lowest BCUT2D eigenvalue weighted by molar-refractivity contribution is -0.139. The molecule has 1 N–H and O–H groups in total. The van der Waals surface area contributed by atoms with E-state index in [-0.39, 0.29) is 11.9 Å². The summed E-state index contributed by atoms with van der Waals surface area (Å²) in [6, 6.07) is 7.33. The van der Waals surface area contributed by atoms with Gasteiger partial charge in [-0.1, -0.05) is 12.1 Å². The van der Waals surface area contributed by atoms with Crippen LogP contribution in [0.25, 0.3) is 0 Å². The summed E-state index contributed by atoms with van der Waals surface area (Å²) in [5.74, 6) is -0.171. The molecule has 3 nitrogen and oxygen atoms in total.